The van der Waals surface area contributed by atoms with Gasteiger partial charge in [0, 0.05) is 12.5 Å². The molecule has 1 heterocycles. The van der Waals surface area contributed by atoms with Crippen LogP contribution in [0.4, 0.5) is 0 Å². The maximum Gasteiger partial charge on any atom is 0.370 e. The lowest BCUT2D eigenvalue weighted by Gasteiger charge is -2.36. The second-order valence-corrected chi connectivity index (χ2v) is 5.56. The third kappa shape index (κ3) is 3.74. The summed E-state index contributed by atoms with van der Waals surface area (Å²) in [5, 5.41) is 41.0. The number of carbonyl (C=O) groups excluding carboxylic acids is 1. The van der Waals surface area contributed by atoms with Gasteiger partial charge in [0.1, 0.15) is 18.3 Å². The summed E-state index contributed by atoms with van der Waals surface area (Å²) in [5.74, 6) is -2.21. The van der Waals surface area contributed by atoms with Gasteiger partial charge >= 0.3 is 5.97 Å². The van der Waals surface area contributed by atoms with Crippen LogP contribution in [0.3, 0.4) is 0 Å². The molecule has 0 aromatic rings. The van der Waals surface area contributed by atoms with Crippen molar-refractivity contribution in [2.45, 2.75) is 43.3 Å². The fourth-order valence-corrected chi connectivity index (χ4v) is 2.18. The number of hydrogen-bond acceptors (Lipinski definition) is 7. The Morgan fingerprint density at radius 1 is 1.41 bits per heavy atom. The van der Waals surface area contributed by atoms with Crippen molar-refractivity contribution in [3.8, 4) is 0 Å². The second-order valence-electron chi connectivity index (χ2n) is 5.56. The van der Waals surface area contributed by atoms with E-state index in [9.17, 15) is 24.9 Å². The summed E-state index contributed by atoms with van der Waals surface area (Å²) in [5.41, 5.74) is 5.67. The average Bonchev–Trinajstić information content (AvgIpc) is 3.30. The molecule has 0 saturated heterocycles. The summed E-state index contributed by atoms with van der Waals surface area (Å²) in [6.45, 7) is -0.217. The topological polar surface area (TPSA) is 162 Å². The zero-order valence-electron chi connectivity index (χ0n) is 11.8. The maximum absolute atomic E-state index is 11.5. The van der Waals surface area contributed by atoms with Crippen molar-refractivity contribution >= 4 is 11.9 Å². The Kier molecular flexibility index (Phi) is 5.01. The Balaban J connectivity index is 1.94. The first-order valence-corrected chi connectivity index (χ1v) is 7.00. The van der Waals surface area contributed by atoms with Crippen molar-refractivity contribution < 1.29 is 34.8 Å². The second kappa shape index (κ2) is 6.61. The minimum atomic E-state index is -1.56. The molecule has 1 amide bonds. The summed E-state index contributed by atoms with van der Waals surface area (Å²) < 4.78 is 5.03. The summed E-state index contributed by atoms with van der Waals surface area (Å²) in [6.07, 6.45) is -3.06. The van der Waals surface area contributed by atoms with E-state index in [1.165, 1.54) is 0 Å². The van der Waals surface area contributed by atoms with E-state index in [2.05, 4.69) is 5.32 Å². The molecule has 1 aliphatic heterocycles. The molecule has 0 aromatic heterocycles. The number of carboxylic acids is 1. The number of hydrogen-bond donors (Lipinski definition) is 6. The SMILES string of the molecule is N[C@@H]1C(O)C=C(C(=O)O)OC1[C@@H](O)[C@@H](O)CNC(=O)C1CC1. The number of aliphatic hydroxyl groups is 3. The van der Waals surface area contributed by atoms with Crippen LogP contribution in [-0.2, 0) is 14.3 Å². The lowest BCUT2D eigenvalue weighted by molar-refractivity contribution is -0.145. The maximum atomic E-state index is 11.5. The van der Waals surface area contributed by atoms with Crippen molar-refractivity contribution in [3.05, 3.63) is 11.8 Å². The number of rotatable bonds is 6. The molecule has 0 bridgehead atoms. The zero-order valence-corrected chi connectivity index (χ0v) is 11.8. The zero-order chi connectivity index (χ0) is 16.4. The van der Waals surface area contributed by atoms with Crippen LogP contribution >= 0.6 is 0 Å². The van der Waals surface area contributed by atoms with E-state index in [1.807, 2.05) is 0 Å². The van der Waals surface area contributed by atoms with E-state index in [1.54, 1.807) is 0 Å². The van der Waals surface area contributed by atoms with E-state index in [0.717, 1.165) is 18.9 Å². The van der Waals surface area contributed by atoms with Gasteiger partial charge in [-0.3, -0.25) is 4.79 Å². The van der Waals surface area contributed by atoms with Crippen molar-refractivity contribution in [2.75, 3.05) is 6.54 Å². The first-order valence-electron chi connectivity index (χ1n) is 7.00. The first kappa shape index (κ1) is 16.7. The van der Waals surface area contributed by atoms with Gasteiger partial charge in [-0.05, 0) is 18.9 Å². The molecule has 0 spiro atoms. The molecule has 1 aliphatic carbocycles. The summed E-state index contributed by atoms with van der Waals surface area (Å²) in [4.78, 5) is 22.4. The highest BCUT2D eigenvalue weighted by Crippen LogP contribution is 2.28. The van der Waals surface area contributed by atoms with Gasteiger partial charge in [-0.25, -0.2) is 4.79 Å². The summed E-state index contributed by atoms with van der Waals surface area (Å²) >= 11 is 0. The van der Waals surface area contributed by atoms with Gasteiger partial charge in [0.25, 0.3) is 0 Å². The molecule has 124 valence electrons. The quantitative estimate of drug-likeness (QED) is 0.308. The van der Waals surface area contributed by atoms with Crippen molar-refractivity contribution in [1.29, 1.82) is 0 Å². The monoisotopic (exact) mass is 316 g/mol. The third-order valence-electron chi connectivity index (χ3n) is 3.73. The largest absolute Gasteiger partial charge is 0.479 e. The van der Waals surface area contributed by atoms with Crippen LogP contribution in [-0.4, -0.2) is 69.3 Å². The Hall–Kier alpha value is -1.68. The van der Waals surface area contributed by atoms with Crippen LogP contribution in [0.25, 0.3) is 0 Å². The molecular formula is C13H20N2O7. The van der Waals surface area contributed by atoms with Gasteiger partial charge in [0.15, 0.2) is 0 Å². The number of aliphatic carboxylic acids is 1. The minimum Gasteiger partial charge on any atom is -0.479 e. The normalized spacial score (nSPS) is 30.7. The minimum absolute atomic E-state index is 0.0408. The average molecular weight is 316 g/mol. The number of nitrogens with one attached hydrogen (secondary N) is 1. The molecule has 0 aromatic carbocycles. The number of carbonyl (C=O) groups is 2. The number of amides is 1. The smallest absolute Gasteiger partial charge is 0.370 e. The molecule has 2 unspecified atom stereocenters. The predicted molar refractivity (Wildman–Crippen MR) is 72.3 cm³/mol. The molecule has 9 heteroatoms. The van der Waals surface area contributed by atoms with E-state index in [4.69, 9.17) is 15.6 Å². The number of nitrogens with two attached hydrogens (primary N) is 1. The molecule has 0 radical (unpaired) electrons. The molecule has 7 N–H and O–H groups in total. The fraction of sp³-hybridized carbons (Fsp3) is 0.692. The summed E-state index contributed by atoms with van der Waals surface area (Å²) in [7, 11) is 0. The lowest BCUT2D eigenvalue weighted by atomic mass is 9.94. The highest BCUT2D eigenvalue weighted by molar-refractivity contribution is 5.84. The van der Waals surface area contributed by atoms with Crippen LogP contribution < -0.4 is 11.1 Å². The van der Waals surface area contributed by atoms with Gasteiger partial charge in [0.05, 0.1) is 12.1 Å². The molecule has 22 heavy (non-hydrogen) atoms. The molecule has 1 saturated carbocycles. The van der Waals surface area contributed by atoms with Gasteiger partial charge in [-0.15, -0.1) is 0 Å². The van der Waals surface area contributed by atoms with Gasteiger partial charge < -0.3 is 36.2 Å². The van der Waals surface area contributed by atoms with Gasteiger partial charge in [-0.1, -0.05) is 0 Å². The van der Waals surface area contributed by atoms with Crippen LogP contribution in [0.15, 0.2) is 11.8 Å². The Labute approximate surface area is 126 Å². The van der Waals surface area contributed by atoms with E-state index >= 15 is 0 Å². The first-order chi connectivity index (χ1) is 10.3. The van der Waals surface area contributed by atoms with E-state index in [0.29, 0.717) is 0 Å². The molecule has 2 rings (SSSR count). The summed E-state index contributed by atoms with van der Waals surface area (Å²) in [6, 6.07) is -1.10. The number of aliphatic hydroxyl groups excluding tert-OH is 3. The van der Waals surface area contributed by atoms with Crippen molar-refractivity contribution in [3.63, 3.8) is 0 Å². The van der Waals surface area contributed by atoms with Crippen LogP contribution in [0.5, 0.6) is 0 Å². The van der Waals surface area contributed by atoms with Crippen LogP contribution in [0.1, 0.15) is 12.8 Å². The van der Waals surface area contributed by atoms with E-state index < -0.39 is 42.2 Å². The molecule has 1 fully saturated rings. The molecule has 2 aliphatic rings. The third-order valence-corrected chi connectivity index (χ3v) is 3.73. The van der Waals surface area contributed by atoms with Crippen LogP contribution in [0.2, 0.25) is 0 Å². The van der Waals surface area contributed by atoms with Crippen molar-refractivity contribution in [1.82, 2.24) is 5.32 Å². The molecular weight excluding hydrogens is 296 g/mol. The van der Waals surface area contributed by atoms with E-state index in [-0.39, 0.29) is 18.4 Å². The molecule has 5 atom stereocenters. The number of ether oxygens (including phenoxy) is 1. The van der Waals surface area contributed by atoms with Crippen LogP contribution in [0, 0.1) is 5.92 Å². The Morgan fingerprint density at radius 3 is 2.59 bits per heavy atom. The van der Waals surface area contributed by atoms with Crippen molar-refractivity contribution in [2.24, 2.45) is 11.7 Å². The highest BCUT2D eigenvalue weighted by atomic mass is 16.5. The standard InChI is InChI=1S/C13H20N2O7/c14-9-6(16)3-8(13(20)21)22-11(9)10(18)7(17)4-15-12(19)5-1-2-5/h3,5-7,9-11,16-18H,1-2,4,14H2,(H,15,19)(H,20,21)/t6?,7-,9+,10-,11?/m0/s1. The highest BCUT2D eigenvalue weighted by Gasteiger charge is 2.41. The fourth-order valence-electron chi connectivity index (χ4n) is 2.18. The predicted octanol–water partition coefficient (Wildman–Crippen LogP) is -2.71. The Bertz CT molecular complexity index is 477. The number of carboxylic acid groups (broad SMARTS) is 1. The lowest BCUT2D eigenvalue weighted by Crippen LogP contribution is -2.58. The van der Waals surface area contributed by atoms with Gasteiger partial charge in [0.2, 0.25) is 11.7 Å². The molecule has 9 nitrogen and oxygen atoms in total. The Morgan fingerprint density at radius 2 is 2.05 bits per heavy atom. The van der Waals surface area contributed by atoms with Gasteiger partial charge in [-0.2, -0.15) is 0 Å².